The minimum absolute atomic E-state index is 0.403. The normalized spacial score (nSPS) is 14.6. The summed E-state index contributed by atoms with van der Waals surface area (Å²) < 4.78 is 0.529. The van der Waals surface area contributed by atoms with Crippen LogP contribution in [0.1, 0.15) is 0 Å². The SMILES string of the molecule is CN(Cl)C(=O)[N+](C)(Cl)c1ccccc1. The highest BCUT2D eigenvalue weighted by Gasteiger charge is 2.36. The summed E-state index contributed by atoms with van der Waals surface area (Å²) in [5.41, 5.74) is 0.673. The van der Waals surface area contributed by atoms with Crippen LogP contribution in [0.3, 0.4) is 0 Å². The Morgan fingerprint density at radius 2 is 1.86 bits per heavy atom. The van der Waals surface area contributed by atoms with Crippen molar-refractivity contribution in [3.05, 3.63) is 30.3 Å². The van der Waals surface area contributed by atoms with E-state index in [4.69, 9.17) is 23.6 Å². The Morgan fingerprint density at radius 1 is 1.36 bits per heavy atom. The molecule has 0 N–H and O–H groups in total. The predicted octanol–water partition coefficient (Wildman–Crippen LogP) is 2.98. The van der Waals surface area contributed by atoms with Crippen molar-refractivity contribution in [1.82, 2.24) is 8.42 Å². The van der Waals surface area contributed by atoms with Gasteiger partial charge in [-0.15, -0.1) is 4.00 Å². The Morgan fingerprint density at radius 3 is 2.29 bits per heavy atom. The van der Waals surface area contributed by atoms with E-state index in [1.807, 2.05) is 18.2 Å². The smallest absolute Gasteiger partial charge is 0.205 e. The zero-order valence-electron chi connectivity index (χ0n) is 7.95. The first-order valence-corrected chi connectivity index (χ1v) is 4.69. The fraction of sp³-hybridized carbons (Fsp3) is 0.222. The van der Waals surface area contributed by atoms with E-state index < -0.39 is 10.0 Å². The highest BCUT2D eigenvalue weighted by Crippen LogP contribution is 2.25. The van der Waals surface area contributed by atoms with Gasteiger partial charge in [-0.2, -0.15) is 0 Å². The van der Waals surface area contributed by atoms with Crippen LogP contribution in [0.4, 0.5) is 10.5 Å². The molecule has 0 radical (unpaired) electrons. The van der Waals surface area contributed by atoms with Crippen LogP contribution < -0.4 is 4.00 Å². The summed E-state index contributed by atoms with van der Waals surface area (Å²) in [5, 5.41) is 0. The maximum absolute atomic E-state index is 11.6. The highest BCUT2D eigenvalue weighted by atomic mass is 35.5. The van der Waals surface area contributed by atoms with Gasteiger partial charge in [-0.25, -0.2) is 9.21 Å². The molecule has 1 atom stereocenters. The van der Waals surface area contributed by atoms with Crippen molar-refractivity contribution < 1.29 is 4.79 Å². The van der Waals surface area contributed by atoms with E-state index >= 15 is 0 Å². The van der Waals surface area contributed by atoms with E-state index in [0.717, 1.165) is 4.42 Å². The third kappa shape index (κ3) is 2.18. The number of benzene rings is 1. The van der Waals surface area contributed by atoms with Crippen molar-refractivity contribution in [3.8, 4) is 0 Å². The third-order valence-electron chi connectivity index (χ3n) is 1.86. The summed E-state index contributed by atoms with van der Waals surface area (Å²) in [7, 11) is 3.02. The Balaban J connectivity index is 3.02. The highest BCUT2D eigenvalue weighted by molar-refractivity contribution is 6.34. The maximum Gasteiger partial charge on any atom is 0.456 e. The molecule has 0 aromatic heterocycles. The zero-order valence-corrected chi connectivity index (χ0v) is 9.46. The van der Waals surface area contributed by atoms with Crippen LogP contribution in [0.2, 0.25) is 0 Å². The molecule has 1 aromatic rings. The van der Waals surface area contributed by atoms with Gasteiger partial charge in [-0.1, -0.05) is 18.2 Å². The molecule has 1 aromatic carbocycles. The van der Waals surface area contributed by atoms with Crippen LogP contribution in [0.15, 0.2) is 30.3 Å². The molecule has 76 valence electrons. The standard InChI is InChI=1S/C9H11Cl2N2O/c1-12(10)9(14)13(2,11)8-6-4-3-5-7-8/h3-7H,1-2H3/q+1. The minimum atomic E-state index is -0.416. The topological polar surface area (TPSA) is 20.3 Å². The number of hydrogen-bond acceptors (Lipinski definition) is 1. The Kier molecular flexibility index (Phi) is 3.37. The molecule has 0 fully saturated rings. The van der Waals surface area contributed by atoms with Gasteiger partial charge in [-0.05, 0) is 0 Å². The number of quaternary nitrogens is 1. The lowest BCUT2D eigenvalue weighted by Crippen LogP contribution is -2.45. The molecule has 0 saturated carbocycles. The number of amides is 2. The maximum atomic E-state index is 11.6. The van der Waals surface area contributed by atoms with Crippen LogP contribution in [0, 0.1) is 0 Å². The Hall–Kier alpha value is -0.770. The van der Waals surface area contributed by atoms with Gasteiger partial charge in [0.1, 0.15) is 0 Å². The molecular formula is C9H11Cl2N2O+. The molecule has 0 spiro atoms. The third-order valence-corrected chi connectivity index (χ3v) is 2.35. The second kappa shape index (κ2) is 4.17. The molecule has 1 unspecified atom stereocenters. The lowest BCUT2D eigenvalue weighted by atomic mass is 10.3. The van der Waals surface area contributed by atoms with Crippen molar-refractivity contribution in [2.24, 2.45) is 0 Å². The van der Waals surface area contributed by atoms with E-state index in [1.54, 1.807) is 19.2 Å². The molecule has 0 aliphatic heterocycles. The summed E-state index contributed by atoms with van der Waals surface area (Å²) >= 11 is 11.6. The van der Waals surface area contributed by atoms with Crippen molar-refractivity contribution in [2.75, 3.05) is 14.1 Å². The van der Waals surface area contributed by atoms with E-state index in [1.165, 1.54) is 7.05 Å². The fourth-order valence-corrected chi connectivity index (χ4v) is 1.49. The van der Waals surface area contributed by atoms with Gasteiger partial charge in [-0.3, -0.25) is 0 Å². The monoisotopic (exact) mass is 233 g/mol. The second-order valence-corrected chi connectivity index (χ2v) is 4.18. The molecule has 0 saturated heterocycles. The molecule has 3 nitrogen and oxygen atoms in total. The Labute approximate surface area is 93.2 Å². The lowest BCUT2D eigenvalue weighted by molar-refractivity contribution is 0.216. The van der Waals surface area contributed by atoms with Crippen LogP contribution in [0.5, 0.6) is 0 Å². The molecule has 14 heavy (non-hydrogen) atoms. The fourth-order valence-electron chi connectivity index (χ4n) is 1.08. The molecule has 0 heterocycles. The van der Waals surface area contributed by atoms with Crippen molar-refractivity contribution in [3.63, 3.8) is 0 Å². The van der Waals surface area contributed by atoms with E-state index in [-0.39, 0.29) is 0 Å². The number of para-hydroxylation sites is 1. The average Bonchev–Trinajstić information content (AvgIpc) is 2.18. The average molecular weight is 234 g/mol. The van der Waals surface area contributed by atoms with Crippen molar-refractivity contribution in [1.29, 1.82) is 0 Å². The van der Waals surface area contributed by atoms with Gasteiger partial charge >= 0.3 is 6.03 Å². The second-order valence-electron chi connectivity index (χ2n) is 2.99. The number of rotatable bonds is 1. The van der Waals surface area contributed by atoms with Gasteiger partial charge in [0.25, 0.3) is 0 Å². The first-order valence-electron chi connectivity index (χ1n) is 4.02. The van der Waals surface area contributed by atoms with Crippen LogP contribution >= 0.6 is 23.6 Å². The van der Waals surface area contributed by atoms with Gasteiger partial charge in [0, 0.05) is 31.0 Å². The quantitative estimate of drug-likeness (QED) is 0.684. The summed E-state index contributed by atoms with van der Waals surface area (Å²) in [6.45, 7) is 0. The minimum Gasteiger partial charge on any atom is -0.205 e. The molecule has 0 aliphatic carbocycles. The zero-order chi connectivity index (χ0) is 10.8. The summed E-state index contributed by atoms with van der Waals surface area (Å²) in [6.07, 6.45) is 0. The molecular weight excluding hydrogens is 223 g/mol. The van der Waals surface area contributed by atoms with Gasteiger partial charge in [0.15, 0.2) is 17.5 Å². The molecule has 0 bridgehead atoms. The van der Waals surface area contributed by atoms with Crippen LogP contribution in [-0.4, -0.2) is 24.5 Å². The number of carbonyl (C=O) groups excluding carboxylic acids is 1. The first kappa shape index (κ1) is 11.3. The summed E-state index contributed by atoms with van der Waals surface area (Å²) in [4.78, 5) is 11.6. The molecule has 1 rings (SSSR count). The Bertz CT molecular complexity index is 325. The first-order chi connectivity index (χ1) is 6.46. The predicted molar refractivity (Wildman–Crippen MR) is 59.0 cm³/mol. The molecule has 2 amide bonds. The molecule has 5 heteroatoms. The molecule has 0 aliphatic rings. The number of urea groups is 1. The summed E-state index contributed by atoms with van der Waals surface area (Å²) in [6, 6.07) is 8.62. The summed E-state index contributed by atoms with van der Waals surface area (Å²) in [5.74, 6) is 0. The van der Waals surface area contributed by atoms with Crippen molar-refractivity contribution >= 4 is 35.3 Å². The van der Waals surface area contributed by atoms with Crippen LogP contribution in [-0.2, 0) is 0 Å². The van der Waals surface area contributed by atoms with Gasteiger partial charge in [0.2, 0.25) is 0 Å². The van der Waals surface area contributed by atoms with E-state index in [9.17, 15) is 4.79 Å². The number of carbonyl (C=O) groups is 1. The van der Waals surface area contributed by atoms with Crippen LogP contribution in [0.25, 0.3) is 0 Å². The van der Waals surface area contributed by atoms with E-state index in [0.29, 0.717) is 5.69 Å². The van der Waals surface area contributed by atoms with Gasteiger partial charge < -0.3 is 0 Å². The number of halogens is 2. The van der Waals surface area contributed by atoms with E-state index in [2.05, 4.69) is 0 Å². The largest absolute Gasteiger partial charge is 0.456 e. The lowest BCUT2D eigenvalue weighted by Gasteiger charge is -2.22. The number of hydrogen-bond donors (Lipinski definition) is 0. The van der Waals surface area contributed by atoms with Gasteiger partial charge in [0.05, 0.1) is 7.05 Å². The van der Waals surface area contributed by atoms with Crippen molar-refractivity contribution in [2.45, 2.75) is 0 Å². The number of nitrogens with zero attached hydrogens (tertiary/aromatic N) is 2.